The SMILES string of the molecule is COc1cc(NC(=O)c2ccccc2)c(C(=O)N2CCCC(N)C2)cc1OC. The number of carbonyl (C=O) groups is 2. The van der Waals surface area contributed by atoms with Gasteiger partial charge in [-0.3, -0.25) is 9.59 Å². The summed E-state index contributed by atoms with van der Waals surface area (Å²) in [6.07, 6.45) is 1.75. The van der Waals surface area contributed by atoms with Gasteiger partial charge in [-0.2, -0.15) is 0 Å². The van der Waals surface area contributed by atoms with E-state index in [2.05, 4.69) is 5.32 Å². The minimum absolute atomic E-state index is 0.0415. The summed E-state index contributed by atoms with van der Waals surface area (Å²) in [6, 6.07) is 12.0. The first-order valence-corrected chi connectivity index (χ1v) is 9.20. The Morgan fingerprint density at radius 3 is 2.43 bits per heavy atom. The van der Waals surface area contributed by atoms with Gasteiger partial charge in [0.25, 0.3) is 11.8 Å². The molecule has 3 N–H and O–H groups in total. The van der Waals surface area contributed by atoms with Gasteiger partial charge in [0.1, 0.15) is 0 Å². The molecule has 1 fully saturated rings. The molecule has 0 aliphatic carbocycles. The third-order valence-electron chi connectivity index (χ3n) is 4.78. The van der Waals surface area contributed by atoms with Gasteiger partial charge >= 0.3 is 0 Å². The van der Waals surface area contributed by atoms with Crippen LogP contribution in [0.4, 0.5) is 5.69 Å². The predicted octanol–water partition coefficient (Wildman–Crippen LogP) is 2.52. The number of nitrogens with two attached hydrogens (primary N) is 1. The number of piperidine rings is 1. The van der Waals surface area contributed by atoms with Crippen LogP contribution in [-0.2, 0) is 0 Å². The second-order valence-electron chi connectivity index (χ2n) is 6.73. The van der Waals surface area contributed by atoms with Crippen LogP contribution in [0.15, 0.2) is 42.5 Å². The lowest BCUT2D eigenvalue weighted by Crippen LogP contribution is -2.45. The van der Waals surface area contributed by atoms with Crippen molar-refractivity contribution in [2.75, 3.05) is 32.6 Å². The zero-order valence-electron chi connectivity index (χ0n) is 16.1. The summed E-state index contributed by atoms with van der Waals surface area (Å²) in [5.74, 6) is 0.347. The van der Waals surface area contributed by atoms with E-state index in [1.807, 2.05) is 6.07 Å². The van der Waals surface area contributed by atoms with Crippen molar-refractivity contribution in [3.8, 4) is 11.5 Å². The summed E-state index contributed by atoms with van der Waals surface area (Å²) in [6.45, 7) is 1.12. The molecule has 7 heteroatoms. The zero-order valence-corrected chi connectivity index (χ0v) is 16.1. The molecule has 28 heavy (non-hydrogen) atoms. The molecular weight excluding hydrogens is 358 g/mol. The minimum atomic E-state index is -0.308. The third-order valence-corrected chi connectivity index (χ3v) is 4.78. The van der Waals surface area contributed by atoms with Crippen LogP contribution in [0, 0.1) is 0 Å². The highest BCUT2D eigenvalue weighted by Gasteiger charge is 2.26. The normalized spacial score (nSPS) is 16.4. The van der Waals surface area contributed by atoms with Gasteiger partial charge in [0.05, 0.1) is 25.5 Å². The molecule has 7 nitrogen and oxygen atoms in total. The van der Waals surface area contributed by atoms with Crippen LogP contribution in [0.5, 0.6) is 11.5 Å². The Balaban J connectivity index is 1.97. The maximum absolute atomic E-state index is 13.2. The molecule has 0 aromatic heterocycles. The number of hydrogen-bond donors (Lipinski definition) is 2. The topological polar surface area (TPSA) is 93.9 Å². The Morgan fingerprint density at radius 1 is 1.11 bits per heavy atom. The van der Waals surface area contributed by atoms with Gasteiger partial charge in [-0.05, 0) is 31.0 Å². The average molecular weight is 383 g/mol. The summed E-state index contributed by atoms with van der Waals surface area (Å²) < 4.78 is 10.7. The van der Waals surface area contributed by atoms with E-state index in [-0.39, 0.29) is 17.9 Å². The molecule has 0 spiro atoms. The van der Waals surface area contributed by atoms with Crippen molar-refractivity contribution < 1.29 is 19.1 Å². The van der Waals surface area contributed by atoms with Crippen LogP contribution in [0.3, 0.4) is 0 Å². The number of nitrogens with one attached hydrogen (secondary N) is 1. The summed E-state index contributed by atoms with van der Waals surface area (Å²) in [7, 11) is 3.01. The van der Waals surface area contributed by atoms with Crippen molar-refractivity contribution in [3.63, 3.8) is 0 Å². The molecule has 2 aromatic rings. The van der Waals surface area contributed by atoms with E-state index in [1.54, 1.807) is 41.3 Å². The summed E-state index contributed by atoms with van der Waals surface area (Å²) in [4.78, 5) is 27.5. The van der Waals surface area contributed by atoms with E-state index in [9.17, 15) is 9.59 Å². The first-order valence-electron chi connectivity index (χ1n) is 9.20. The van der Waals surface area contributed by atoms with Crippen molar-refractivity contribution in [2.24, 2.45) is 5.73 Å². The van der Waals surface area contributed by atoms with Gasteiger partial charge in [0.2, 0.25) is 0 Å². The zero-order chi connectivity index (χ0) is 20.1. The molecule has 1 saturated heterocycles. The molecule has 0 radical (unpaired) electrons. The highest BCUT2D eigenvalue weighted by atomic mass is 16.5. The van der Waals surface area contributed by atoms with Crippen molar-refractivity contribution >= 4 is 17.5 Å². The number of amides is 2. The smallest absolute Gasteiger partial charge is 0.256 e. The first-order chi connectivity index (χ1) is 13.5. The fourth-order valence-corrected chi connectivity index (χ4v) is 3.31. The number of carbonyl (C=O) groups excluding carboxylic acids is 2. The fourth-order valence-electron chi connectivity index (χ4n) is 3.31. The van der Waals surface area contributed by atoms with E-state index in [0.717, 1.165) is 12.8 Å². The Morgan fingerprint density at radius 2 is 1.79 bits per heavy atom. The van der Waals surface area contributed by atoms with Gasteiger partial charge in [-0.15, -0.1) is 0 Å². The van der Waals surface area contributed by atoms with E-state index in [1.165, 1.54) is 14.2 Å². The molecule has 1 atom stereocenters. The van der Waals surface area contributed by atoms with Gasteiger partial charge in [0, 0.05) is 30.8 Å². The Kier molecular flexibility index (Phi) is 6.16. The predicted molar refractivity (Wildman–Crippen MR) is 107 cm³/mol. The van der Waals surface area contributed by atoms with E-state index >= 15 is 0 Å². The third kappa shape index (κ3) is 4.26. The summed E-state index contributed by atoms with van der Waals surface area (Å²) >= 11 is 0. The van der Waals surface area contributed by atoms with E-state index in [0.29, 0.717) is 41.4 Å². The minimum Gasteiger partial charge on any atom is -0.493 e. The van der Waals surface area contributed by atoms with Gasteiger partial charge in [-0.25, -0.2) is 0 Å². The maximum atomic E-state index is 13.2. The van der Waals surface area contributed by atoms with Gasteiger partial charge < -0.3 is 25.4 Å². The number of anilines is 1. The number of ether oxygens (including phenoxy) is 2. The number of benzene rings is 2. The molecule has 1 aliphatic heterocycles. The van der Waals surface area contributed by atoms with Crippen LogP contribution in [0.2, 0.25) is 0 Å². The average Bonchev–Trinajstić information content (AvgIpc) is 2.73. The Labute approximate surface area is 164 Å². The van der Waals surface area contributed by atoms with Crippen molar-refractivity contribution in [1.82, 2.24) is 4.90 Å². The molecular formula is C21H25N3O4. The highest BCUT2D eigenvalue weighted by molar-refractivity contribution is 6.09. The van der Waals surface area contributed by atoms with Crippen molar-refractivity contribution in [2.45, 2.75) is 18.9 Å². The van der Waals surface area contributed by atoms with Gasteiger partial charge in [-0.1, -0.05) is 18.2 Å². The van der Waals surface area contributed by atoms with Crippen molar-refractivity contribution in [1.29, 1.82) is 0 Å². The lowest BCUT2D eigenvalue weighted by molar-refractivity contribution is 0.0709. The van der Waals surface area contributed by atoms with Crippen LogP contribution in [0.25, 0.3) is 0 Å². The number of hydrogen-bond acceptors (Lipinski definition) is 5. The molecule has 0 saturated carbocycles. The Bertz CT molecular complexity index is 854. The lowest BCUT2D eigenvalue weighted by atomic mass is 10.0. The monoisotopic (exact) mass is 383 g/mol. The number of rotatable bonds is 5. The lowest BCUT2D eigenvalue weighted by Gasteiger charge is -2.31. The summed E-state index contributed by atoms with van der Waals surface area (Å²) in [5, 5.41) is 2.83. The van der Waals surface area contributed by atoms with Gasteiger partial charge in [0.15, 0.2) is 11.5 Å². The number of likely N-dealkylation sites (tertiary alicyclic amines) is 1. The molecule has 1 heterocycles. The van der Waals surface area contributed by atoms with Crippen LogP contribution >= 0.6 is 0 Å². The number of methoxy groups -OCH3 is 2. The standard InChI is InChI=1S/C21H25N3O4/c1-27-18-11-16(21(26)24-10-6-9-15(22)13-24)17(12-19(18)28-2)23-20(25)14-7-4-3-5-8-14/h3-5,7-8,11-12,15H,6,9-10,13,22H2,1-2H3,(H,23,25). The molecule has 3 rings (SSSR count). The molecule has 148 valence electrons. The second-order valence-corrected chi connectivity index (χ2v) is 6.73. The summed E-state index contributed by atoms with van der Waals surface area (Å²) in [5.41, 5.74) is 7.24. The van der Waals surface area contributed by atoms with Crippen LogP contribution in [0.1, 0.15) is 33.6 Å². The highest BCUT2D eigenvalue weighted by Crippen LogP contribution is 2.34. The largest absolute Gasteiger partial charge is 0.493 e. The van der Waals surface area contributed by atoms with E-state index < -0.39 is 0 Å². The quantitative estimate of drug-likeness (QED) is 0.827. The second kappa shape index (κ2) is 8.75. The van der Waals surface area contributed by atoms with Crippen LogP contribution < -0.4 is 20.5 Å². The van der Waals surface area contributed by atoms with E-state index in [4.69, 9.17) is 15.2 Å². The maximum Gasteiger partial charge on any atom is 0.256 e. The Hall–Kier alpha value is -3.06. The molecule has 0 bridgehead atoms. The molecule has 1 aliphatic rings. The molecule has 1 unspecified atom stereocenters. The molecule has 2 aromatic carbocycles. The first kappa shape index (κ1) is 19.7. The number of nitrogens with zero attached hydrogens (tertiary/aromatic N) is 1. The molecule has 2 amide bonds. The fraction of sp³-hybridized carbons (Fsp3) is 0.333. The van der Waals surface area contributed by atoms with Crippen molar-refractivity contribution in [3.05, 3.63) is 53.6 Å². The van der Waals surface area contributed by atoms with Crippen LogP contribution in [-0.4, -0.2) is 50.1 Å².